The van der Waals surface area contributed by atoms with Gasteiger partial charge in [0.25, 0.3) is 0 Å². The highest BCUT2D eigenvalue weighted by molar-refractivity contribution is 8.13. The minimum Gasteiger partial charge on any atom is -0.463 e. The summed E-state index contributed by atoms with van der Waals surface area (Å²) < 4.78 is 10.2. The SMILES string of the molecule is CCOC(=O)C1=C(C)N=C2SCCCN2[C@@H]1c1ccc(NC(=O)COC)cc1. The standard InChI is InChI=1S/C20H25N3O4S/c1-4-27-19(25)17-13(2)21-20-23(10-5-11-28-20)18(17)14-6-8-15(9-7-14)22-16(24)12-26-3/h6-9,18H,4-5,10-12H2,1-3H3,(H,22,24)/t18-/m1/s1. The highest BCUT2D eigenvalue weighted by atomic mass is 32.2. The summed E-state index contributed by atoms with van der Waals surface area (Å²) in [5.74, 6) is 0.479. The molecule has 1 saturated heterocycles. The molecule has 1 amide bonds. The number of nitrogens with zero attached hydrogens (tertiary/aromatic N) is 2. The number of aliphatic imine (C=N–C) groups is 1. The fourth-order valence-electron chi connectivity index (χ4n) is 3.36. The highest BCUT2D eigenvalue weighted by Crippen LogP contribution is 2.40. The van der Waals surface area contributed by atoms with Crippen molar-refractivity contribution in [2.75, 3.05) is 37.9 Å². The van der Waals surface area contributed by atoms with Crippen LogP contribution in [0.2, 0.25) is 0 Å². The molecule has 0 unspecified atom stereocenters. The smallest absolute Gasteiger partial charge is 0.338 e. The van der Waals surface area contributed by atoms with Crippen LogP contribution in [-0.4, -0.2) is 54.6 Å². The largest absolute Gasteiger partial charge is 0.463 e. The Hall–Kier alpha value is -2.32. The van der Waals surface area contributed by atoms with Crippen molar-refractivity contribution in [3.05, 3.63) is 41.1 Å². The summed E-state index contributed by atoms with van der Waals surface area (Å²) in [5.41, 5.74) is 2.91. The Bertz CT molecular complexity index is 804. The normalized spacial score (nSPS) is 19.0. The number of anilines is 1. The number of fused-ring (bicyclic) bond motifs is 1. The summed E-state index contributed by atoms with van der Waals surface area (Å²) in [7, 11) is 1.48. The molecule has 7 nitrogen and oxygen atoms in total. The van der Waals surface area contributed by atoms with E-state index >= 15 is 0 Å². The summed E-state index contributed by atoms with van der Waals surface area (Å²) in [6.07, 6.45) is 1.03. The maximum Gasteiger partial charge on any atom is 0.338 e. The molecule has 0 aliphatic carbocycles. The molecule has 2 aliphatic heterocycles. The Kier molecular flexibility index (Phi) is 6.74. The molecule has 2 aliphatic rings. The quantitative estimate of drug-likeness (QED) is 0.736. The Balaban J connectivity index is 1.93. The van der Waals surface area contributed by atoms with Gasteiger partial charge in [0.05, 0.1) is 23.9 Å². The number of amides is 1. The van der Waals surface area contributed by atoms with Gasteiger partial charge in [-0.25, -0.2) is 9.79 Å². The maximum atomic E-state index is 12.7. The monoisotopic (exact) mass is 403 g/mol. The van der Waals surface area contributed by atoms with Crippen molar-refractivity contribution in [2.24, 2.45) is 4.99 Å². The summed E-state index contributed by atoms with van der Waals surface area (Å²) in [6.45, 7) is 4.81. The number of hydrogen-bond acceptors (Lipinski definition) is 7. The molecule has 0 radical (unpaired) electrons. The molecule has 0 bridgehead atoms. The van der Waals surface area contributed by atoms with E-state index in [0.717, 1.165) is 29.4 Å². The van der Waals surface area contributed by atoms with Crippen molar-refractivity contribution in [1.82, 2.24) is 4.90 Å². The van der Waals surface area contributed by atoms with Crippen molar-refractivity contribution >= 4 is 34.5 Å². The van der Waals surface area contributed by atoms with E-state index in [-0.39, 0.29) is 24.5 Å². The van der Waals surface area contributed by atoms with Crippen molar-refractivity contribution in [3.63, 3.8) is 0 Å². The van der Waals surface area contributed by atoms with E-state index in [1.54, 1.807) is 18.7 Å². The van der Waals surface area contributed by atoms with Gasteiger partial charge in [-0.05, 0) is 38.0 Å². The number of thioether (sulfide) groups is 1. The van der Waals surface area contributed by atoms with Gasteiger partial charge in [0, 0.05) is 25.1 Å². The first-order chi connectivity index (χ1) is 13.5. The average molecular weight is 404 g/mol. The van der Waals surface area contributed by atoms with E-state index in [1.165, 1.54) is 7.11 Å². The summed E-state index contributed by atoms with van der Waals surface area (Å²) in [4.78, 5) is 31.2. The minimum absolute atomic E-state index is 0.00411. The number of esters is 1. The molecule has 1 aromatic carbocycles. The number of nitrogens with one attached hydrogen (secondary N) is 1. The summed E-state index contributed by atoms with van der Waals surface area (Å²) in [6, 6.07) is 7.29. The van der Waals surface area contributed by atoms with Crippen LogP contribution in [0.5, 0.6) is 0 Å². The highest BCUT2D eigenvalue weighted by Gasteiger charge is 2.37. The predicted octanol–water partition coefficient (Wildman–Crippen LogP) is 2.96. The zero-order valence-corrected chi connectivity index (χ0v) is 17.2. The number of carbonyl (C=O) groups is 2. The lowest BCUT2D eigenvalue weighted by atomic mass is 9.94. The lowest BCUT2D eigenvalue weighted by Gasteiger charge is -2.40. The lowest BCUT2D eigenvalue weighted by molar-refractivity contribution is -0.139. The maximum absolute atomic E-state index is 12.7. The van der Waals surface area contributed by atoms with Gasteiger partial charge in [0.15, 0.2) is 5.17 Å². The molecule has 0 saturated carbocycles. The topological polar surface area (TPSA) is 80.2 Å². The van der Waals surface area contributed by atoms with E-state index < -0.39 is 0 Å². The van der Waals surface area contributed by atoms with Crippen molar-refractivity contribution in [1.29, 1.82) is 0 Å². The number of ether oxygens (including phenoxy) is 2. The van der Waals surface area contributed by atoms with Gasteiger partial charge >= 0.3 is 5.97 Å². The first kappa shape index (κ1) is 20.4. The first-order valence-electron chi connectivity index (χ1n) is 9.30. The number of methoxy groups -OCH3 is 1. The van der Waals surface area contributed by atoms with Crippen LogP contribution in [0.3, 0.4) is 0 Å². The Morgan fingerprint density at radius 1 is 1.32 bits per heavy atom. The Labute approximate surface area is 169 Å². The number of rotatable bonds is 6. The van der Waals surface area contributed by atoms with Crippen LogP contribution in [0.15, 0.2) is 40.5 Å². The molecule has 3 rings (SSSR count). The molecular formula is C20H25N3O4S. The van der Waals surface area contributed by atoms with Gasteiger partial charge in [0.2, 0.25) is 5.91 Å². The number of amidine groups is 1. The Morgan fingerprint density at radius 2 is 2.07 bits per heavy atom. The van der Waals surface area contributed by atoms with Crippen LogP contribution in [0.4, 0.5) is 5.69 Å². The molecular weight excluding hydrogens is 378 g/mol. The van der Waals surface area contributed by atoms with Gasteiger partial charge in [-0.1, -0.05) is 23.9 Å². The second kappa shape index (κ2) is 9.25. The van der Waals surface area contributed by atoms with Crippen LogP contribution in [0, 0.1) is 0 Å². The van der Waals surface area contributed by atoms with Crippen LogP contribution in [-0.2, 0) is 19.1 Å². The fourth-order valence-corrected chi connectivity index (χ4v) is 4.38. The van der Waals surface area contributed by atoms with Gasteiger partial charge in [-0.3, -0.25) is 4.79 Å². The molecule has 2 heterocycles. The number of hydrogen-bond donors (Lipinski definition) is 1. The van der Waals surface area contributed by atoms with Gasteiger partial charge in [-0.15, -0.1) is 0 Å². The molecule has 150 valence electrons. The number of benzene rings is 1. The molecule has 8 heteroatoms. The molecule has 0 spiro atoms. The fraction of sp³-hybridized carbons (Fsp3) is 0.450. The van der Waals surface area contributed by atoms with Crippen LogP contribution >= 0.6 is 11.8 Å². The third-order valence-electron chi connectivity index (χ3n) is 4.54. The van der Waals surface area contributed by atoms with Crippen LogP contribution < -0.4 is 5.32 Å². The molecule has 1 N–H and O–H groups in total. The first-order valence-corrected chi connectivity index (χ1v) is 10.3. The summed E-state index contributed by atoms with van der Waals surface area (Å²) >= 11 is 1.71. The average Bonchev–Trinajstić information content (AvgIpc) is 2.68. The third-order valence-corrected chi connectivity index (χ3v) is 5.62. The van der Waals surface area contributed by atoms with Crippen molar-refractivity contribution < 1.29 is 19.1 Å². The van der Waals surface area contributed by atoms with E-state index in [4.69, 9.17) is 9.47 Å². The van der Waals surface area contributed by atoms with Gasteiger partial charge in [-0.2, -0.15) is 0 Å². The van der Waals surface area contributed by atoms with E-state index in [0.29, 0.717) is 23.6 Å². The minimum atomic E-state index is -0.333. The van der Waals surface area contributed by atoms with Gasteiger partial charge < -0.3 is 19.7 Å². The number of allylic oxidation sites excluding steroid dienone is 1. The summed E-state index contributed by atoms with van der Waals surface area (Å²) in [5, 5.41) is 3.73. The predicted molar refractivity (Wildman–Crippen MR) is 110 cm³/mol. The van der Waals surface area contributed by atoms with E-state index in [1.807, 2.05) is 31.2 Å². The molecule has 1 atom stereocenters. The number of carbonyl (C=O) groups excluding carboxylic acids is 2. The second-order valence-electron chi connectivity index (χ2n) is 6.52. The molecule has 1 aromatic rings. The lowest BCUT2D eigenvalue weighted by Crippen LogP contribution is -2.42. The Morgan fingerprint density at radius 3 is 2.75 bits per heavy atom. The van der Waals surface area contributed by atoms with Crippen LogP contribution in [0.1, 0.15) is 31.9 Å². The second-order valence-corrected chi connectivity index (χ2v) is 7.58. The van der Waals surface area contributed by atoms with Crippen molar-refractivity contribution in [3.8, 4) is 0 Å². The van der Waals surface area contributed by atoms with Crippen LogP contribution in [0.25, 0.3) is 0 Å². The molecule has 0 aromatic heterocycles. The van der Waals surface area contributed by atoms with Crippen molar-refractivity contribution in [2.45, 2.75) is 26.3 Å². The van der Waals surface area contributed by atoms with Gasteiger partial charge in [0.1, 0.15) is 6.61 Å². The van der Waals surface area contributed by atoms with E-state index in [2.05, 4.69) is 15.2 Å². The molecule has 28 heavy (non-hydrogen) atoms. The zero-order chi connectivity index (χ0) is 20.1. The molecule has 1 fully saturated rings. The van der Waals surface area contributed by atoms with E-state index in [9.17, 15) is 9.59 Å². The zero-order valence-electron chi connectivity index (χ0n) is 16.4. The third kappa shape index (κ3) is 4.39.